The van der Waals surface area contributed by atoms with Gasteiger partial charge in [0.25, 0.3) is 0 Å². The third kappa shape index (κ3) is 3.33. The molecule has 0 spiro atoms. The molecule has 1 fully saturated rings. The first-order valence-electron chi connectivity index (χ1n) is 5.97. The molecular formula is C11H22N4O3. The number of amidine groups is 1. The van der Waals surface area contributed by atoms with E-state index in [1.54, 1.807) is 11.8 Å². The van der Waals surface area contributed by atoms with Crippen LogP contribution in [-0.4, -0.2) is 71.2 Å². The highest BCUT2D eigenvalue weighted by Crippen LogP contribution is 2.21. The lowest BCUT2D eigenvalue weighted by Gasteiger charge is -2.28. The molecule has 3 atom stereocenters. The Bertz CT molecular complexity index is 332. The van der Waals surface area contributed by atoms with Crippen LogP contribution >= 0.6 is 0 Å². The van der Waals surface area contributed by atoms with Crippen molar-refractivity contribution in [3.63, 3.8) is 0 Å². The lowest BCUT2D eigenvalue weighted by molar-refractivity contribution is -0.134. The maximum absolute atomic E-state index is 12.2. The molecule has 0 aliphatic carbocycles. The first-order valence-corrected chi connectivity index (χ1v) is 5.97. The van der Waals surface area contributed by atoms with Crippen LogP contribution in [0.25, 0.3) is 0 Å². The van der Waals surface area contributed by atoms with Crippen LogP contribution in [0.5, 0.6) is 0 Å². The molecule has 1 aliphatic heterocycles. The quantitative estimate of drug-likeness (QED) is 0.257. The Morgan fingerprint density at radius 2 is 2.22 bits per heavy atom. The van der Waals surface area contributed by atoms with E-state index in [9.17, 15) is 9.90 Å². The number of hydrogen-bond acceptors (Lipinski definition) is 5. The minimum Gasteiger partial charge on any atom is -0.409 e. The predicted molar refractivity (Wildman–Crippen MR) is 67.3 cm³/mol. The summed E-state index contributed by atoms with van der Waals surface area (Å²) in [4.78, 5) is 15.8. The fourth-order valence-corrected chi connectivity index (χ4v) is 2.22. The van der Waals surface area contributed by atoms with Crippen LogP contribution in [0, 0.1) is 5.92 Å². The van der Waals surface area contributed by atoms with Gasteiger partial charge in [-0.05, 0) is 27.4 Å². The highest BCUT2D eigenvalue weighted by atomic mass is 16.4. The van der Waals surface area contributed by atoms with Crippen LogP contribution in [0.2, 0.25) is 0 Å². The molecule has 0 aromatic carbocycles. The highest BCUT2D eigenvalue weighted by Gasteiger charge is 2.37. The number of aliphatic hydroxyl groups is 1. The van der Waals surface area contributed by atoms with Crippen molar-refractivity contribution in [3.05, 3.63) is 0 Å². The molecule has 4 N–H and O–H groups in total. The second-order valence-corrected chi connectivity index (χ2v) is 5.04. The van der Waals surface area contributed by atoms with E-state index >= 15 is 0 Å². The summed E-state index contributed by atoms with van der Waals surface area (Å²) in [6.07, 6.45) is 0.0608. The summed E-state index contributed by atoms with van der Waals surface area (Å²) in [6, 6.07) is -0.0311. The van der Waals surface area contributed by atoms with Gasteiger partial charge in [0.15, 0.2) is 5.84 Å². The number of hydrogen-bond donors (Lipinski definition) is 3. The molecule has 18 heavy (non-hydrogen) atoms. The number of likely N-dealkylation sites (tertiary alicyclic amines) is 1. The lowest BCUT2D eigenvalue weighted by atomic mass is 10.1. The summed E-state index contributed by atoms with van der Waals surface area (Å²) in [6.45, 7) is 2.58. The van der Waals surface area contributed by atoms with Crippen LogP contribution in [0.4, 0.5) is 0 Å². The van der Waals surface area contributed by atoms with Crippen molar-refractivity contribution in [2.24, 2.45) is 16.8 Å². The fraction of sp³-hybridized carbons (Fsp3) is 0.818. The van der Waals surface area contributed by atoms with Crippen molar-refractivity contribution in [3.8, 4) is 0 Å². The highest BCUT2D eigenvalue weighted by molar-refractivity contribution is 6.01. The lowest BCUT2D eigenvalue weighted by Crippen LogP contribution is -2.46. The zero-order valence-corrected chi connectivity index (χ0v) is 11.1. The number of carbonyl (C=O) groups excluding carboxylic acids is 1. The molecule has 7 heteroatoms. The molecule has 0 bridgehead atoms. The molecular weight excluding hydrogens is 236 g/mol. The zero-order valence-electron chi connectivity index (χ0n) is 11.1. The molecule has 1 saturated heterocycles. The van der Waals surface area contributed by atoms with Gasteiger partial charge in [-0.1, -0.05) is 5.16 Å². The summed E-state index contributed by atoms with van der Waals surface area (Å²) >= 11 is 0. The van der Waals surface area contributed by atoms with E-state index < -0.39 is 12.0 Å². The van der Waals surface area contributed by atoms with Crippen molar-refractivity contribution < 1.29 is 15.1 Å². The number of rotatable bonds is 4. The Morgan fingerprint density at radius 1 is 1.61 bits per heavy atom. The number of carbonyl (C=O) groups is 1. The van der Waals surface area contributed by atoms with Gasteiger partial charge in [-0.15, -0.1) is 0 Å². The molecule has 3 unspecified atom stereocenters. The summed E-state index contributed by atoms with van der Waals surface area (Å²) in [5, 5.41) is 21.1. The molecule has 1 heterocycles. The Labute approximate surface area is 107 Å². The van der Waals surface area contributed by atoms with Gasteiger partial charge in [-0.25, -0.2) is 0 Å². The number of amides is 1. The van der Waals surface area contributed by atoms with E-state index in [0.717, 1.165) is 0 Å². The van der Waals surface area contributed by atoms with Crippen LogP contribution in [0.15, 0.2) is 5.16 Å². The van der Waals surface area contributed by atoms with Crippen LogP contribution < -0.4 is 5.73 Å². The second kappa shape index (κ2) is 6.01. The molecule has 0 aromatic heterocycles. The van der Waals surface area contributed by atoms with E-state index in [2.05, 4.69) is 5.16 Å². The number of likely N-dealkylation sites (N-methyl/N-ethyl adjacent to an activating group) is 1. The minimum absolute atomic E-state index is 0.0311. The van der Waals surface area contributed by atoms with Crippen molar-refractivity contribution in [1.82, 2.24) is 9.80 Å². The molecule has 0 saturated carbocycles. The van der Waals surface area contributed by atoms with Crippen molar-refractivity contribution in [2.45, 2.75) is 25.5 Å². The fourth-order valence-electron chi connectivity index (χ4n) is 2.22. The van der Waals surface area contributed by atoms with E-state index in [4.69, 9.17) is 10.9 Å². The van der Waals surface area contributed by atoms with Crippen LogP contribution in [0.1, 0.15) is 13.3 Å². The van der Waals surface area contributed by atoms with Gasteiger partial charge in [0.05, 0.1) is 12.0 Å². The summed E-state index contributed by atoms with van der Waals surface area (Å²) < 4.78 is 0. The second-order valence-electron chi connectivity index (χ2n) is 5.04. The maximum Gasteiger partial charge on any atom is 0.233 e. The molecule has 1 aliphatic rings. The first kappa shape index (κ1) is 14.7. The first-order chi connectivity index (χ1) is 8.36. The topological polar surface area (TPSA) is 102 Å². The summed E-state index contributed by atoms with van der Waals surface area (Å²) in [5.74, 6) is -0.997. The van der Waals surface area contributed by atoms with Gasteiger partial charge in [0.1, 0.15) is 0 Å². The average molecular weight is 258 g/mol. The summed E-state index contributed by atoms with van der Waals surface area (Å²) in [7, 11) is 3.83. The third-order valence-electron chi connectivity index (χ3n) is 3.18. The molecule has 0 aromatic rings. The van der Waals surface area contributed by atoms with E-state index in [1.807, 2.05) is 19.0 Å². The standard InChI is InChI=1S/C11H22N4O3/c1-7(10(12)13-18)11(17)15-6-9(16)4-8(15)5-14(2)3/h7-9,16,18H,4-6H2,1-3H3,(H2,12,13). The SMILES string of the molecule is CC(C(=O)N1CC(O)CC1CN(C)C)C(N)=NO. The summed E-state index contributed by atoms with van der Waals surface area (Å²) in [5.41, 5.74) is 5.45. The van der Waals surface area contributed by atoms with Crippen molar-refractivity contribution in [2.75, 3.05) is 27.2 Å². The van der Waals surface area contributed by atoms with Crippen molar-refractivity contribution in [1.29, 1.82) is 0 Å². The minimum atomic E-state index is -0.676. The zero-order chi connectivity index (χ0) is 13.9. The van der Waals surface area contributed by atoms with E-state index in [1.165, 1.54) is 0 Å². The number of nitrogens with zero attached hydrogens (tertiary/aromatic N) is 3. The molecule has 104 valence electrons. The van der Waals surface area contributed by atoms with Crippen molar-refractivity contribution >= 4 is 11.7 Å². The number of aliphatic hydroxyl groups excluding tert-OH is 1. The van der Waals surface area contributed by atoms with Gasteiger partial charge < -0.3 is 25.8 Å². The van der Waals surface area contributed by atoms with Crippen LogP contribution in [-0.2, 0) is 4.79 Å². The largest absolute Gasteiger partial charge is 0.409 e. The van der Waals surface area contributed by atoms with Gasteiger partial charge in [-0.3, -0.25) is 4.79 Å². The smallest absolute Gasteiger partial charge is 0.233 e. The third-order valence-corrected chi connectivity index (χ3v) is 3.18. The number of oxime groups is 1. The number of nitrogens with two attached hydrogens (primary N) is 1. The van der Waals surface area contributed by atoms with Gasteiger partial charge in [0.2, 0.25) is 5.91 Å². The predicted octanol–water partition coefficient (Wildman–Crippen LogP) is -1.11. The normalized spacial score (nSPS) is 26.7. The Morgan fingerprint density at radius 3 is 2.72 bits per heavy atom. The van der Waals surface area contributed by atoms with Crippen LogP contribution in [0.3, 0.4) is 0 Å². The van der Waals surface area contributed by atoms with E-state index in [-0.39, 0.29) is 17.8 Å². The molecule has 0 radical (unpaired) electrons. The Kier molecular flexibility index (Phi) is 4.92. The molecule has 7 nitrogen and oxygen atoms in total. The van der Waals surface area contributed by atoms with Gasteiger partial charge in [-0.2, -0.15) is 0 Å². The average Bonchev–Trinajstić information content (AvgIpc) is 2.66. The molecule has 1 amide bonds. The monoisotopic (exact) mass is 258 g/mol. The van der Waals surface area contributed by atoms with E-state index in [0.29, 0.717) is 19.5 Å². The van der Waals surface area contributed by atoms with Gasteiger partial charge in [0, 0.05) is 19.1 Å². The van der Waals surface area contributed by atoms with Gasteiger partial charge >= 0.3 is 0 Å². The maximum atomic E-state index is 12.2. The number of β-amino-alcohol motifs (C(OH)–C–C–N with tert-alkyl or cyclic N) is 1. The Balaban J connectivity index is 2.76. The Hall–Kier alpha value is -1.34. The molecule has 1 rings (SSSR count).